The average Bonchev–Trinajstić information content (AvgIpc) is 3.01. The molecule has 106 valence electrons. The van der Waals surface area contributed by atoms with Gasteiger partial charge in [-0.1, -0.05) is 30.3 Å². The number of nitriles is 1. The van der Waals surface area contributed by atoms with E-state index in [1.807, 2.05) is 42.5 Å². The molecule has 3 rings (SSSR count). The maximum Gasteiger partial charge on any atom is 0.261 e. The lowest BCUT2D eigenvalue weighted by Crippen LogP contribution is -2.37. The Bertz CT molecular complexity index is 705. The van der Waals surface area contributed by atoms with Gasteiger partial charge in [0.05, 0.1) is 6.07 Å². The maximum absolute atomic E-state index is 12.1. The summed E-state index contributed by atoms with van der Waals surface area (Å²) in [5.41, 5.74) is 0. The monoisotopic (exact) mass is 280 g/mol. The number of ether oxygens (including phenoxy) is 1. The van der Waals surface area contributed by atoms with E-state index < -0.39 is 0 Å². The Balaban J connectivity index is 1.66. The fourth-order valence-electron chi connectivity index (χ4n) is 2.68. The van der Waals surface area contributed by atoms with E-state index in [0.29, 0.717) is 12.3 Å². The third-order valence-electron chi connectivity index (χ3n) is 3.81. The van der Waals surface area contributed by atoms with Crippen LogP contribution in [0.2, 0.25) is 0 Å². The summed E-state index contributed by atoms with van der Waals surface area (Å²) >= 11 is 0. The van der Waals surface area contributed by atoms with Gasteiger partial charge in [-0.3, -0.25) is 4.79 Å². The van der Waals surface area contributed by atoms with E-state index in [0.717, 1.165) is 23.6 Å². The van der Waals surface area contributed by atoms with Crippen molar-refractivity contribution in [1.29, 1.82) is 5.26 Å². The van der Waals surface area contributed by atoms with Crippen LogP contribution in [0.3, 0.4) is 0 Å². The summed E-state index contributed by atoms with van der Waals surface area (Å²) in [4.78, 5) is 13.7. The molecule has 21 heavy (non-hydrogen) atoms. The van der Waals surface area contributed by atoms with Crippen molar-refractivity contribution in [2.24, 2.45) is 0 Å². The van der Waals surface area contributed by atoms with Crippen molar-refractivity contribution in [3.8, 4) is 11.8 Å². The molecule has 1 saturated heterocycles. The molecule has 0 bridgehead atoms. The highest BCUT2D eigenvalue weighted by molar-refractivity contribution is 5.84. The number of likely N-dealkylation sites (tertiary alicyclic amines) is 1. The van der Waals surface area contributed by atoms with Gasteiger partial charge in [-0.05, 0) is 35.7 Å². The lowest BCUT2D eigenvalue weighted by Gasteiger charge is -2.19. The minimum absolute atomic E-state index is 0.0173. The van der Waals surface area contributed by atoms with Crippen LogP contribution in [0.15, 0.2) is 42.5 Å². The first-order valence-corrected chi connectivity index (χ1v) is 7.08. The van der Waals surface area contributed by atoms with Gasteiger partial charge in [0, 0.05) is 6.54 Å². The Morgan fingerprint density at radius 2 is 2.10 bits per heavy atom. The summed E-state index contributed by atoms with van der Waals surface area (Å²) in [5, 5.41) is 11.2. The van der Waals surface area contributed by atoms with Crippen molar-refractivity contribution in [1.82, 2.24) is 4.90 Å². The molecule has 0 aromatic heterocycles. The number of carbonyl (C=O) groups is 1. The Labute approximate surface area is 123 Å². The third-order valence-corrected chi connectivity index (χ3v) is 3.81. The van der Waals surface area contributed by atoms with Crippen molar-refractivity contribution in [3.05, 3.63) is 42.5 Å². The van der Waals surface area contributed by atoms with E-state index in [1.165, 1.54) is 0 Å². The van der Waals surface area contributed by atoms with Crippen LogP contribution in [0.25, 0.3) is 10.8 Å². The molecule has 0 spiro atoms. The minimum atomic E-state index is -0.294. The molecule has 0 N–H and O–H groups in total. The van der Waals surface area contributed by atoms with Gasteiger partial charge >= 0.3 is 0 Å². The second-order valence-corrected chi connectivity index (χ2v) is 5.17. The lowest BCUT2D eigenvalue weighted by atomic mass is 10.1. The molecule has 1 heterocycles. The second-order valence-electron chi connectivity index (χ2n) is 5.17. The Morgan fingerprint density at radius 3 is 2.90 bits per heavy atom. The molecule has 1 amide bonds. The van der Waals surface area contributed by atoms with E-state index in [9.17, 15) is 4.79 Å². The molecule has 0 saturated carbocycles. The van der Waals surface area contributed by atoms with E-state index in [-0.39, 0.29) is 18.6 Å². The topological polar surface area (TPSA) is 53.3 Å². The molecule has 1 fully saturated rings. The zero-order chi connectivity index (χ0) is 14.7. The fourth-order valence-corrected chi connectivity index (χ4v) is 2.68. The zero-order valence-corrected chi connectivity index (χ0v) is 11.7. The standard InChI is InChI=1S/C17H16N2O2/c18-11-15-6-3-9-19(15)17(20)12-21-16-8-7-13-4-1-2-5-14(13)10-16/h1-2,4-5,7-8,10,15H,3,6,9,12H2/t15-/m0/s1. The van der Waals surface area contributed by atoms with Crippen LogP contribution in [-0.2, 0) is 4.79 Å². The molecular formula is C17H16N2O2. The summed E-state index contributed by atoms with van der Waals surface area (Å²) in [6.07, 6.45) is 1.65. The van der Waals surface area contributed by atoms with Crippen LogP contribution in [0, 0.1) is 11.3 Å². The number of fused-ring (bicyclic) bond motifs is 1. The molecule has 1 aliphatic rings. The number of benzene rings is 2. The smallest absolute Gasteiger partial charge is 0.261 e. The average molecular weight is 280 g/mol. The molecule has 2 aromatic rings. The number of hydrogen-bond acceptors (Lipinski definition) is 3. The SMILES string of the molecule is N#C[C@@H]1CCCN1C(=O)COc1ccc2ccccc2c1. The first kappa shape index (κ1) is 13.4. The molecule has 1 atom stereocenters. The van der Waals surface area contributed by atoms with Gasteiger partial charge < -0.3 is 9.64 Å². The maximum atomic E-state index is 12.1. The molecule has 1 aliphatic heterocycles. The highest BCUT2D eigenvalue weighted by atomic mass is 16.5. The van der Waals surface area contributed by atoms with Gasteiger partial charge in [0.15, 0.2) is 6.61 Å². The van der Waals surface area contributed by atoms with E-state index >= 15 is 0 Å². The van der Waals surface area contributed by atoms with Gasteiger partial charge in [0.1, 0.15) is 11.8 Å². The number of nitrogens with zero attached hydrogens (tertiary/aromatic N) is 2. The van der Waals surface area contributed by atoms with Gasteiger partial charge in [0.2, 0.25) is 0 Å². The molecule has 0 aliphatic carbocycles. The van der Waals surface area contributed by atoms with E-state index in [4.69, 9.17) is 10.00 Å². The minimum Gasteiger partial charge on any atom is -0.484 e. The summed E-state index contributed by atoms with van der Waals surface area (Å²) in [6.45, 7) is 0.634. The van der Waals surface area contributed by atoms with E-state index in [1.54, 1.807) is 4.90 Å². The number of hydrogen-bond donors (Lipinski definition) is 0. The third kappa shape index (κ3) is 2.82. The quantitative estimate of drug-likeness (QED) is 0.868. The molecule has 4 heteroatoms. The predicted octanol–water partition coefficient (Wildman–Crippen LogP) is 2.73. The van der Waals surface area contributed by atoms with Crippen molar-refractivity contribution >= 4 is 16.7 Å². The Morgan fingerprint density at radius 1 is 1.29 bits per heavy atom. The highest BCUT2D eigenvalue weighted by Crippen LogP contribution is 2.21. The van der Waals surface area contributed by atoms with Crippen LogP contribution >= 0.6 is 0 Å². The lowest BCUT2D eigenvalue weighted by molar-refractivity contribution is -0.133. The first-order valence-electron chi connectivity index (χ1n) is 7.08. The van der Waals surface area contributed by atoms with Crippen molar-refractivity contribution in [3.63, 3.8) is 0 Å². The first-order chi connectivity index (χ1) is 10.3. The highest BCUT2D eigenvalue weighted by Gasteiger charge is 2.28. The summed E-state index contributed by atoms with van der Waals surface area (Å²) in [7, 11) is 0. The van der Waals surface area contributed by atoms with Crippen molar-refractivity contribution < 1.29 is 9.53 Å². The number of amides is 1. The van der Waals surface area contributed by atoms with Crippen LogP contribution in [0.4, 0.5) is 0 Å². The Kier molecular flexibility index (Phi) is 3.74. The van der Waals surface area contributed by atoms with Crippen LogP contribution in [-0.4, -0.2) is 30.0 Å². The van der Waals surface area contributed by atoms with E-state index in [2.05, 4.69) is 6.07 Å². The van der Waals surface area contributed by atoms with Gasteiger partial charge in [-0.2, -0.15) is 5.26 Å². The largest absolute Gasteiger partial charge is 0.484 e. The molecular weight excluding hydrogens is 264 g/mol. The second kappa shape index (κ2) is 5.84. The van der Waals surface area contributed by atoms with Gasteiger partial charge in [-0.25, -0.2) is 0 Å². The van der Waals surface area contributed by atoms with Crippen molar-refractivity contribution in [2.75, 3.05) is 13.2 Å². The van der Waals surface area contributed by atoms with Gasteiger partial charge in [0.25, 0.3) is 5.91 Å². The van der Waals surface area contributed by atoms with Crippen LogP contribution < -0.4 is 4.74 Å². The number of carbonyl (C=O) groups excluding carboxylic acids is 1. The molecule has 4 nitrogen and oxygen atoms in total. The summed E-state index contributed by atoms with van der Waals surface area (Å²) < 4.78 is 5.58. The fraction of sp³-hybridized carbons (Fsp3) is 0.294. The number of rotatable bonds is 3. The molecule has 0 unspecified atom stereocenters. The summed E-state index contributed by atoms with van der Waals surface area (Å²) in [5.74, 6) is 0.557. The van der Waals surface area contributed by atoms with Gasteiger partial charge in [-0.15, -0.1) is 0 Å². The normalized spacial score (nSPS) is 17.7. The predicted molar refractivity (Wildman–Crippen MR) is 79.8 cm³/mol. The summed E-state index contributed by atoms with van der Waals surface area (Å²) in [6, 6.07) is 15.6. The van der Waals surface area contributed by atoms with Crippen LogP contribution in [0.1, 0.15) is 12.8 Å². The van der Waals surface area contributed by atoms with Crippen molar-refractivity contribution in [2.45, 2.75) is 18.9 Å². The molecule has 2 aromatic carbocycles. The Hall–Kier alpha value is -2.54. The zero-order valence-electron chi connectivity index (χ0n) is 11.7. The molecule has 0 radical (unpaired) electrons. The van der Waals surface area contributed by atoms with Crippen LogP contribution in [0.5, 0.6) is 5.75 Å².